The van der Waals surface area contributed by atoms with Crippen LogP contribution in [0.4, 0.5) is 5.13 Å². The number of nitrogens with zero attached hydrogens (tertiary/aromatic N) is 2. The minimum absolute atomic E-state index is 0.0636. The van der Waals surface area contributed by atoms with Crippen molar-refractivity contribution in [2.24, 2.45) is 5.16 Å². The summed E-state index contributed by atoms with van der Waals surface area (Å²) in [5, 5.41) is 5.62. The van der Waals surface area contributed by atoms with Gasteiger partial charge in [0.1, 0.15) is 18.3 Å². The van der Waals surface area contributed by atoms with Crippen LogP contribution in [0.25, 0.3) is 10.2 Å². The zero-order valence-electron chi connectivity index (χ0n) is 11.7. The van der Waals surface area contributed by atoms with Crippen LogP contribution >= 0.6 is 34.9 Å². The van der Waals surface area contributed by atoms with E-state index in [1.807, 2.05) is 6.07 Å². The second kappa shape index (κ2) is 6.44. The summed E-state index contributed by atoms with van der Waals surface area (Å²) < 4.78 is 6.91. The van der Waals surface area contributed by atoms with Crippen LogP contribution in [0.2, 0.25) is 0 Å². The van der Waals surface area contributed by atoms with Gasteiger partial charge < -0.3 is 20.3 Å². The Morgan fingerprint density at radius 3 is 3.00 bits per heavy atom. The van der Waals surface area contributed by atoms with E-state index in [0.717, 1.165) is 4.70 Å². The molecule has 7 nitrogen and oxygen atoms in total. The Labute approximate surface area is 143 Å². The molecule has 23 heavy (non-hydrogen) atoms. The Morgan fingerprint density at radius 2 is 2.30 bits per heavy atom. The van der Waals surface area contributed by atoms with Gasteiger partial charge in [-0.3, -0.25) is 0 Å². The van der Waals surface area contributed by atoms with Crippen LogP contribution in [0.5, 0.6) is 5.75 Å². The number of nitrogen functional groups attached to an aromatic ring is 1. The number of nitrogens with two attached hydrogens (primary N) is 1. The quantitative estimate of drug-likeness (QED) is 0.242. The minimum Gasteiger partial charge on any atom is -0.419 e. The molecule has 0 aliphatic heterocycles. The van der Waals surface area contributed by atoms with E-state index in [9.17, 15) is 4.79 Å². The van der Waals surface area contributed by atoms with Gasteiger partial charge in [0, 0.05) is 5.38 Å². The monoisotopic (exact) mass is 366 g/mol. The molecule has 2 aromatic heterocycles. The van der Waals surface area contributed by atoms with Crippen molar-refractivity contribution in [1.29, 1.82) is 0 Å². The van der Waals surface area contributed by atoms with E-state index >= 15 is 0 Å². The number of aromatic nitrogens is 2. The molecular weight excluding hydrogens is 356 g/mol. The summed E-state index contributed by atoms with van der Waals surface area (Å²) in [5.41, 5.74) is 6.48. The van der Waals surface area contributed by atoms with Crippen LogP contribution in [0.15, 0.2) is 28.7 Å². The normalized spacial score (nSPS) is 11.6. The van der Waals surface area contributed by atoms with Gasteiger partial charge in [0.2, 0.25) is 5.71 Å². The van der Waals surface area contributed by atoms with Gasteiger partial charge in [-0.2, -0.15) is 0 Å². The highest BCUT2D eigenvalue weighted by Gasteiger charge is 2.21. The number of oxime groups is 1. The number of esters is 1. The Bertz CT molecular complexity index is 957. The number of carbonyl (C=O) groups excluding carboxylic acids is 1. The van der Waals surface area contributed by atoms with Crippen molar-refractivity contribution in [2.45, 2.75) is 0 Å². The van der Waals surface area contributed by atoms with Gasteiger partial charge in [-0.15, -0.1) is 22.7 Å². The Kier molecular flexibility index (Phi) is 4.37. The molecule has 0 unspecified atom stereocenters. The van der Waals surface area contributed by atoms with Crippen molar-refractivity contribution in [3.8, 4) is 5.75 Å². The molecule has 0 fully saturated rings. The van der Waals surface area contributed by atoms with Crippen LogP contribution in [-0.2, 0) is 9.63 Å². The number of para-hydroxylation sites is 1. The molecular formula is C13H10N4O3S3. The van der Waals surface area contributed by atoms with Gasteiger partial charge in [0.15, 0.2) is 14.8 Å². The lowest BCUT2D eigenvalue weighted by molar-refractivity contribution is -0.127. The van der Waals surface area contributed by atoms with E-state index in [-0.39, 0.29) is 5.71 Å². The van der Waals surface area contributed by atoms with E-state index in [4.69, 9.17) is 27.5 Å². The number of rotatable bonds is 4. The molecule has 0 radical (unpaired) electrons. The fraction of sp³-hybridized carbons (Fsp3) is 0.0769. The van der Waals surface area contributed by atoms with Gasteiger partial charge in [0.05, 0.1) is 4.70 Å². The molecule has 0 aliphatic carbocycles. The van der Waals surface area contributed by atoms with Crippen molar-refractivity contribution < 1.29 is 14.4 Å². The molecule has 0 aliphatic rings. The predicted octanol–water partition coefficient (Wildman–Crippen LogP) is 2.95. The van der Waals surface area contributed by atoms with Crippen molar-refractivity contribution in [1.82, 2.24) is 9.97 Å². The fourth-order valence-electron chi connectivity index (χ4n) is 1.86. The molecule has 2 heterocycles. The molecule has 0 bridgehead atoms. The number of anilines is 1. The number of hydrogen-bond donors (Lipinski definition) is 2. The summed E-state index contributed by atoms with van der Waals surface area (Å²) in [6.07, 6.45) is 0. The first kappa shape index (κ1) is 15.6. The first-order valence-electron chi connectivity index (χ1n) is 6.25. The Balaban J connectivity index is 1.95. The van der Waals surface area contributed by atoms with Gasteiger partial charge >= 0.3 is 5.97 Å². The maximum absolute atomic E-state index is 12.4. The largest absolute Gasteiger partial charge is 0.419 e. The molecule has 0 saturated heterocycles. The van der Waals surface area contributed by atoms with Gasteiger partial charge in [-0.25, -0.2) is 9.78 Å². The summed E-state index contributed by atoms with van der Waals surface area (Å²) in [7, 11) is 1.33. The van der Waals surface area contributed by atoms with Crippen LogP contribution < -0.4 is 10.5 Å². The average molecular weight is 366 g/mol. The van der Waals surface area contributed by atoms with Gasteiger partial charge in [-0.1, -0.05) is 11.2 Å². The van der Waals surface area contributed by atoms with Crippen LogP contribution in [-0.4, -0.2) is 28.8 Å². The van der Waals surface area contributed by atoms with Gasteiger partial charge in [0.25, 0.3) is 0 Å². The molecule has 10 heteroatoms. The lowest BCUT2D eigenvalue weighted by atomic mass is 10.3. The highest BCUT2D eigenvalue weighted by molar-refractivity contribution is 7.73. The predicted molar refractivity (Wildman–Crippen MR) is 92.7 cm³/mol. The standard InChI is InChI=1S/C13H10N4O3S3/c1-19-17-9(6-5-22-12(14)15-6)11(18)20-7-3-2-4-8-10(7)16-13(21)23-8/h2-5H,1H3,(H2,14,15)(H,16,21)/b17-9-. The molecule has 0 atom stereocenters. The highest BCUT2D eigenvalue weighted by Crippen LogP contribution is 2.28. The topological polar surface area (TPSA) is 103 Å². The van der Waals surface area contributed by atoms with E-state index < -0.39 is 5.97 Å². The molecule has 0 saturated carbocycles. The number of fused-ring (bicyclic) bond motifs is 1. The Morgan fingerprint density at radius 1 is 1.48 bits per heavy atom. The molecule has 3 rings (SSSR count). The third kappa shape index (κ3) is 3.23. The minimum atomic E-state index is -0.699. The molecule has 118 valence electrons. The second-order valence-corrected chi connectivity index (χ2v) is 6.84. The van der Waals surface area contributed by atoms with E-state index in [0.29, 0.717) is 26.0 Å². The summed E-state index contributed by atoms with van der Waals surface area (Å²) in [5.74, 6) is -0.345. The summed E-state index contributed by atoms with van der Waals surface area (Å²) >= 11 is 7.70. The third-order valence-electron chi connectivity index (χ3n) is 2.76. The van der Waals surface area contributed by atoms with Crippen molar-refractivity contribution in [3.05, 3.63) is 33.2 Å². The second-order valence-electron chi connectivity index (χ2n) is 4.23. The Hall–Kier alpha value is -2.30. The first-order valence-corrected chi connectivity index (χ1v) is 8.35. The molecule has 3 N–H and O–H groups in total. The number of benzene rings is 1. The maximum atomic E-state index is 12.4. The van der Waals surface area contributed by atoms with Crippen LogP contribution in [0.3, 0.4) is 0 Å². The van der Waals surface area contributed by atoms with E-state index in [1.54, 1.807) is 17.5 Å². The lowest BCUT2D eigenvalue weighted by Crippen LogP contribution is -2.22. The number of ether oxygens (including phenoxy) is 1. The molecule has 0 amide bonds. The third-order valence-corrected chi connectivity index (χ3v) is 4.63. The average Bonchev–Trinajstić information content (AvgIpc) is 3.10. The van der Waals surface area contributed by atoms with Crippen LogP contribution in [0.1, 0.15) is 5.69 Å². The van der Waals surface area contributed by atoms with E-state index in [1.165, 1.54) is 29.8 Å². The molecule has 3 aromatic rings. The van der Waals surface area contributed by atoms with Crippen molar-refractivity contribution in [2.75, 3.05) is 12.8 Å². The summed E-state index contributed by atoms with van der Waals surface area (Å²) in [6, 6.07) is 5.32. The summed E-state index contributed by atoms with van der Waals surface area (Å²) in [4.78, 5) is 24.1. The molecule has 1 aromatic carbocycles. The maximum Gasteiger partial charge on any atom is 0.368 e. The number of carbonyl (C=O) groups is 1. The van der Waals surface area contributed by atoms with E-state index in [2.05, 4.69) is 15.1 Å². The first-order chi connectivity index (χ1) is 11.1. The fourth-order valence-corrected chi connectivity index (χ4v) is 3.53. The van der Waals surface area contributed by atoms with Crippen molar-refractivity contribution >= 4 is 61.9 Å². The lowest BCUT2D eigenvalue weighted by Gasteiger charge is -2.05. The molecule has 0 spiro atoms. The van der Waals surface area contributed by atoms with Gasteiger partial charge in [-0.05, 0) is 24.4 Å². The number of nitrogens with one attached hydrogen (secondary N) is 1. The van der Waals surface area contributed by atoms with Crippen molar-refractivity contribution in [3.63, 3.8) is 0 Å². The number of thiazole rings is 2. The number of aromatic amines is 1. The summed E-state index contributed by atoms with van der Waals surface area (Å²) in [6.45, 7) is 0. The van der Waals surface area contributed by atoms with Crippen LogP contribution in [0, 0.1) is 3.95 Å². The smallest absolute Gasteiger partial charge is 0.368 e. The highest BCUT2D eigenvalue weighted by atomic mass is 32.1. The zero-order chi connectivity index (χ0) is 16.4. The zero-order valence-corrected chi connectivity index (χ0v) is 14.2. The SMILES string of the molecule is CO/N=C(\C(=O)Oc1cccc2sc(=S)[nH]c12)c1csc(N)n1. The number of H-pyrrole nitrogens is 1. The number of hydrogen-bond acceptors (Lipinski definition) is 9.